The van der Waals surface area contributed by atoms with Crippen LogP contribution in [0.25, 0.3) is 10.9 Å². The number of piperazine rings is 1. The van der Waals surface area contributed by atoms with Crippen LogP contribution in [0.5, 0.6) is 5.75 Å². The van der Waals surface area contributed by atoms with Crippen molar-refractivity contribution < 1.29 is 63.8 Å². The molecule has 22 nitrogen and oxygen atoms in total. The number of unbranched alkanes of at least 4 members (excludes halogenated alkanes) is 1. The van der Waals surface area contributed by atoms with Gasteiger partial charge in [0.15, 0.2) is 0 Å². The van der Waals surface area contributed by atoms with Gasteiger partial charge in [0.2, 0.25) is 17.7 Å². The number of nitrogens with two attached hydrogens (primary N) is 1. The van der Waals surface area contributed by atoms with Gasteiger partial charge in [0.05, 0.1) is 43.3 Å². The lowest BCUT2D eigenvalue weighted by Gasteiger charge is -2.42. The highest BCUT2D eigenvalue weighted by atomic mass is 35.5. The number of hydrogen-bond acceptors (Lipinski definition) is 15. The molecule has 5 aromatic carbocycles. The third-order valence-corrected chi connectivity index (χ3v) is 18.5. The second kappa shape index (κ2) is 36.3. The van der Waals surface area contributed by atoms with Gasteiger partial charge in [-0.2, -0.15) is 0 Å². The molecule has 10 N–H and O–H groups in total. The van der Waals surface area contributed by atoms with E-state index in [1.54, 1.807) is 62.7 Å². The molecular formula is C76H94ClN9O13. The number of methoxy groups -OCH3 is 1. The van der Waals surface area contributed by atoms with E-state index in [9.17, 15) is 59.1 Å². The number of benzene rings is 5. The fourth-order valence-corrected chi connectivity index (χ4v) is 13.4. The maximum absolute atomic E-state index is 13.8. The largest absolute Gasteiger partial charge is 0.497 e. The number of rotatable bonds is 27. The minimum absolute atomic E-state index is 0.0712. The monoisotopic (exact) mass is 1380 g/mol. The summed E-state index contributed by atoms with van der Waals surface area (Å²) in [6, 6.07) is 39.6. The summed E-state index contributed by atoms with van der Waals surface area (Å²) in [6.07, 6.45) is 6.85. The van der Waals surface area contributed by atoms with E-state index in [2.05, 4.69) is 30.7 Å². The molecule has 2 aromatic heterocycles. The number of aliphatic hydroxyl groups excluding tert-OH is 2. The van der Waals surface area contributed by atoms with Gasteiger partial charge in [0, 0.05) is 91.2 Å². The van der Waals surface area contributed by atoms with E-state index in [0.717, 1.165) is 40.8 Å². The lowest BCUT2D eigenvalue weighted by atomic mass is 9.91. The second-order valence-electron chi connectivity index (χ2n) is 26.7. The number of carboxylic acids is 3. The summed E-state index contributed by atoms with van der Waals surface area (Å²) in [4.78, 5) is 97.8. The highest BCUT2D eigenvalue weighted by Crippen LogP contribution is 2.34. The number of carboxylic acid groups (broad SMARTS) is 3. The van der Waals surface area contributed by atoms with E-state index in [1.165, 1.54) is 9.47 Å². The van der Waals surface area contributed by atoms with Crippen LogP contribution in [0, 0.1) is 12.8 Å². The molecule has 1 aliphatic carbocycles. The number of likely N-dealkylation sites (tertiary alicyclic amines) is 1. The van der Waals surface area contributed by atoms with Gasteiger partial charge in [0.1, 0.15) is 23.9 Å². The minimum Gasteiger partial charge on any atom is -0.497 e. The number of nitrogens with one attached hydrogen (secondary N) is 3. The summed E-state index contributed by atoms with van der Waals surface area (Å²) in [5.41, 5.74) is 12.6. The van der Waals surface area contributed by atoms with Gasteiger partial charge in [-0.15, -0.1) is 0 Å². The van der Waals surface area contributed by atoms with Crippen LogP contribution in [-0.2, 0) is 61.0 Å². The molecule has 0 bridgehead atoms. The van der Waals surface area contributed by atoms with E-state index in [0.29, 0.717) is 123 Å². The molecule has 0 radical (unpaired) electrons. The summed E-state index contributed by atoms with van der Waals surface area (Å²) >= 11 is 5.89. The number of carbonyl (C=O) groups excluding carboxylic acids is 4. The normalized spacial score (nSPS) is 18.1. The van der Waals surface area contributed by atoms with E-state index < -0.39 is 71.8 Å². The number of aliphatic hydroxyl groups is 2. The summed E-state index contributed by atoms with van der Waals surface area (Å²) in [7, 11) is 1.54. The highest BCUT2D eigenvalue weighted by molar-refractivity contribution is 6.30. The molecule has 7 aromatic rings. The van der Waals surface area contributed by atoms with Crippen LogP contribution >= 0.6 is 11.6 Å². The quantitative estimate of drug-likeness (QED) is 0.0220. The zero-order valence-electron chi connectivity index (χ0n) is 57.0. The van der Waals surface area contributed by atoms with Crippen molar-refractivity contribution in [3.8, 4) is 5.75 Å². The Morgan fingerprint density at radius 1 is 0.788 bits per heavy atom. The fourth-order valence-electron chi connectivity index (χ4n) is 13.2. The molecular weight excluding hydrogens is 1280 g/mol. The molecule has 8 atom stereocenters. The Bertz CT molecular complexity index is 3840. The SMILES string of the molecule is CC(C)(C)NC(=O)[C@@H]1CN(Cc2cccnc2)CCN1C[C@@H](O)C[C@@H](Cc1ccccc1)C(=O)N[C@H]1c2ccccc2C[C@H]1O.COc1ccc2c(c1)c(CC(=O)O)c(C)n2C(=O)c1ccc(Cl)cc1.NCCCC[C@H](N[C@@H](CCc1ccccc1)C(=O)O)C(=O)N1CCC[C@H]1C(=O)O. The van der Waals surface area contributed by atoms with E-state index in [-0.39, 0.29) is 43.0 Å². The van der Waals surface area contributed by atoms with Crippen LogP contribution in [-0.4, -0.2) is 180 Å². The van der Waals surface area contributed by atoms with Crippen LogP contribution in [0.15, 0.2) is 152 Å². The summed E-state index contributed by atoms with van der Waals surface area (Å²) in [5, 5.41) is 61.0. The van der Waals surface area contributed by atoms with Crippen LogP contribution in [0.2, 0.25) is 5.02 Å². The van der Waals surface area contributed by atoms with Crippen molar-refractivity contribution >= 4 is 64.0 Å². The Morgan fingerprint density at radius 2 is 1.47 bits per heavy atom. The molecule has 3 amide bonds. The predicted molar refractivity (Wildman–Crippen MR) is 378 cm³/mol. The Balaban J connectivity index is 0.000000200. The first kappa shape index (κ1) is 75.9. The first-order valence-corrected chi connectivity index (χ1v) is 34.2. The number of amides is 3. The third kappa shape index (κ3) is 21.6. The van der Waals surface area contributed by atoms with Gasteiger partial charge in [-0.05, 0) is 168 Å². The number of hydrogen-bond donors (Lipinski definition) is 9. The number of pyridine rings is 1. The van der Waals surface area contributed by atoms with Gasteiger partial charge in [0.25, 0.3) is 5.91 Å². The number of aryl methyl sites for hydroxylation is 1. The molecule has 23 heteroatoms. The Kier molecular flexibility index (Phi) is 27.8. The van der Waals surface area contributed by atoms with Crippen LogP contribution in [0.1, 0.15) is 121 Å². The van der Waals surface area contributed by atoms with Crippen LogP contribution < -0.4 is 26.4 Å². The number of β-amino-alcohol motifs (C(OH)–C–C–N with tert-alkyl or cyclic N) is 1. The molecule has 0 unspecified atom stereocenters. The van der Waals surface area contributed by atoms with Gasteiger partial charge >= 0.3 is 17.9 Å². The zero-order chi connectivity index (χ0) is 71.3. The number of nitrogens with zero attached hydrogens (tertiary/aromatic N) is 5. The fraction of sp³-hybridized carbons (Fsp3) is 0.421. The number of halogens is 1. The third-order valence-electron chi connectivity index (χ3n) is 18.2. The second-order valence-corrected chi connectivity index (χ2v) is 27.1. The van der Waals surface area contributed by atoms with Crippen molar-refractivity contribution in [3.05, 3.63) is 202 Å². The maximum atomic E-state index is 13.8. The Morgan fingerprint density at radius 3 is 2.12 bits per heavy atom. The van der Waals surface area contributed by atoms with Crippen molar-refractivity contribution in [2.45, 2.75) is 153 Å². The predicted octanol–water partition coefficient (Wildman–Crippen LogP) is 8.03. The maximum Gasteiger partial charge on any atom is 0.326 e. The van der Waals surface area contributed by atoms with Crippen molar-refractivity contribution in [2.24, 2.45) is 11.7 Å². The summed E-state index contributed by atoms with van der Waals surface area (Å²) in [6.45, 7) is 11.4. The first-order chi connectivity index (χ1) is 47.4. The lowest BCUT2D eigenvalue weighted by molar-refractivity contribution is -0.149. The molecule has 99 heavy (non-hydrogen) atoms. The molecule has 0 saturated carbocycles. The van der Waals surface area contributed by atoms with Crippen LogP contribution in [0.3, 0.4) is 0 Å². The van der Waals surface area contributed by atoms with Crippen molar-refractivity contribution in [3.63, 3.8) is 0 Å². The first-order valence-electron chi connectivity index (χ1n) is 33.8. The van der Waals surface area contributed by atoms with E-state index in [4.69, 9.17) is 22.1 Å². The summed E-state index contributed by atoms with van der Waals surface area (Å²) in [5.74, 6) is -3.74. The van der Waals surface area contributed by atoms with E-state index in [1.807, 2.05) is 124 Å². The van der Waals surface area contributed by atoms with E-state index >= 15 is 0 Å². The van der Waals surface area contributed by atoms with Gasteiger partial charge in [-0.25, -0.2) is 4.79 Å². The van der Waals surface area contributed by atoms with Gasteiger partial charge in [-0.1, -0.05) is 109 Å². The van der Waals surface area contributed by atoms with Crippen molar-refractivity contribution in [1.82, 2.24) is 40.2 Å². The summed E-state index contributed by atoms with van der Waals surface area (Å²) < 4.78 is 6.77. The number of ether oxygens (including phenoxy) is 1. The molecule has 0 spiro atoms. The molecule has 3 aliphatic rings. The number of fused-ring (bicyclic) bond motifs is 2. The topological polar surface area (TPSA) is 320 Å². The standard InChI is InChI=1S/C36H47N5O4.C21H31N3O5.C19H16ClNO4/c1-36(2,3)39-35(45)31-24-40(22-26-12-9-15-37-21-26)16-17-41(31)23-29(42)19-28(18-25-10-5-4-6-11-25)34(44)38-33-30-14-8-7-13-27(30)20-32(33)43;22-13-5-4-9-16(19(25)24-14-6-10-18(24)21(28)29)23-17(20(26)27)12-11-15-7-2-1-3-8-15;1-11-15(10-18(22)23)16-9-14(25-2)7-8-17(16)21(11)19(24)12-3-5-13(20)6-4-12/h4-15,21,28-29,31-33,42-43H,16-20,22-24H2,1-3H3,(H,38,44)(H,39,45);1-3,7-8,16-18,23H,4-6,9-14,22H2,(H,26,27)(H,28,29);3-9H,10H2,1-2H3,(H,22,23)/t28-,29+,31+,32-,33+;16-,17-,18-;/m10./s1. The van der Waals surface area contributed by atoms with Crippen molar-refractivity contribution in [1.29, 1.82) is 0 Å². The molecule has 2 saturated heterocycles. The lowest BCUT2D eigenvalue weighted by Crippen LogP contribution is -2.61. The Hall–Kier alpha value is -8.87. The van der Waals surface area contributed by atoms with Gasteiger partial charge in [-0.3, -0.25) is 53.4 Å². The molecule has 2 fully saturated rings. The smallest absolute Gasteiger partial charge is 0.326 e. The van der Waals surface area contributed by atoms with Crippen LogP contribution in [0.4, 0.5) is 0 Å². The Labute approximate surface area is 583 Å². The highest BCUT2D eigenvalue weighted by Gasteiger charge is 2.40. The number of carbonyl (C=O) groups is 7. The van der Waals surface area contributed by atoms with Gasteiger partial charge < -0.3 is 51.5 Å². The average molecular weight is 1380 g/mol. The number of aromatic nitrogens is 2. The number of aliphatic carboxylic acids is 3. The molecule has 10 rings (SSSR count). The minimum atomic E-state index is -1.02. The average Bonchev–Trinajstić information content (AvgIpc) is 1.61. The molecule has 528 valence electrons. The van der Waals surface area contributed by atoms with Crippen molar-refractivity contribution in [2.75, 3.05) is 46.4 Å². The molecule has 4 heterocycles. The molecule has 2 aliphatic heterocycles. The zero-order valence-corrected chi connectivity index (χ0v) is 57.7.